The molecule has 0 amide bonds. The van der Waals surface area contributed by atoms with Gasteiger partial charge in [0.15, 0.2) is 0 Å². The molecule has 12 heteroatoms. The Balaban J connectivity index is 1.18. The number of hydrogen-bond donors (Lipinski definition) is 3. The summed E-state index contributed by atoms with van der Waals surface area (Å²) in [5, 5.41) is 14.1. The van der Waals surface area contributed by atoms with Gasteiger partial charge in [-0.1, -0.05) is 0 Å². The van der Waals surface area contributed by atoms with E-state index >= 15 is 0 Å². The normalized spacial score (nSPS) is 16.0. The molecule has 2 aromatic heterocycles. The molecule has 3 N–H and O–H groups in total. The van der Waals surface area contributed by atoms with Crippen LogP contribution in [0.25, 0.3) is 0 Å². The van der Waals surface area contributed by atoms with E-state index in [0.29, 0.717) is 48.3 Å². The third-order valence-corrected chi connectivity index (χ3v) is 9.03. The Labute approximate surface area is 240 Å². The third kappa shape index (κ3) is 7.07. The smallest absolute Gasteiger partial charge is 0.243 e. The van der Waals surface area contributed by atoms with E-state index < -0.39 is 10.0 Å². The van der Waals surface area contributed by atoms with Crippen LogP contribution in [-0.4, -0.2) is 52.1 Å². The summed E-state index contributed by atoms with van der Waals surface area (Å²) >= 11 is 0. The van der Waals surface area contributed by atoms with Crippen molar-refractivity contribution in [3.05, 3.63) is 83.6 Å². The standard InChI is InChI=1S/C29H35FN8O2S/c1-20-15-24(8-11-27(20)30)33-28-12-13-32-29(35-28)34-23-6-9-26(10-7-23)41(39,40)38-14-4-5-22(19-38)17-31-18-25-16-21(2)36-37(25)3/h6-13,15-16,22,31H,4-5,14,17-19H2,1-3H3,(H2,32,33,34,35). The molecule has 0 saturated carbocycles. The summed E-state index contributed by atoms with van der Waals surface area (Å²) in [6.07, 6.45) is 3.42. The number of aryl methyl sites for hydroxylation is 3. The van der Waals surface area contributed by atoms with Crippen LogP contribution in [0.2, 0.25) is 0 Å². The lowest BCUT2D eigenvalue weighted by atomic mass is 10.00. The van der Waals surface area contributed by atoms with Crippen molar-refractivity contribution in [1.82, 2.24) is 29.4 Å². The first kappa shape index (κ1) is 28.7. The summed E-state index contributed by atoms with van der Waals surface area (Å²) < 4.78 is 43.9. The number of piperidine rings is 1. The maximum atomic E-state index is 13.6. The van der Waals surface area contributed by atoms with Gasteiger partial charge in [0.05, 0.1) is 16.3 Å². The number of halogens is 1. The lowest BCUT2D eigenvalue weighted by Gasteiger charge is -2.32. The van der Waals surface area contributed by atoms with Crippen molar-refractivity contribution in [2.75, 3.05) is 30.3 Å². The van der Waals surface area contributed by atoms with Gasteiger partial charge in [0.25, 0.3) is 0 Å². The van der Waals surface area contributed by atoms with Crippen LogP contribution in [0.15, 0.2) is 65.7 Å². The summed E-state index contributed by atoms with van der Waals surface area (Å²) in [5.41, 5.74) is 3.99. The van der Waals surface area contributed by atoms with Crippen LogP contribution in [0.5, 0.6) is 0 Å². The highest BCUT2D eigenvalue weighted by Crippen LogP contribution is 2.26. The molecule has 0 bridgehead atoms. The molecule has 1 aliphatic heterocycles. The molecule has 10 nitrogen and oxygen atoms in total. The van der Waals surface area contributed by atoms with Crippen LogP contribution in [0, 0.1) is 25.6 Å². The van der Waals surface area contributed by atoms with E-state index in [-0.39, 0.29) is 16.6 Å². The molecule has 4 aromatic rings. The quantitative estimate of drug-likeness (QED) is 0.249. The first-order valence-electron chi connectivity index (χ1n) is 13.6. The number of benzene rings is 2. The summed E-state index contributed by atoms with van der Waals surface area (Å²) in [5.74, 6) is 0.856. The van der Waals surface area contributed by atoms with E-state index in [0.717, 1.165) is 30.8 Å². The minimum absolute atomic E-state index is 0.241. The predicted molar refractivity (Wildman–Crippen MR) is 157 cm³/mol. The number of sulfonamides is 1. The average Bonchev–Trinajstić information content (AvgIpc) is 3.28. The molecule has 1 fully saturated rings. The maximum Gasteiger partial charge on any atom is 0.243 e. The third-order valence-electron chi connectivity index (χ3n) is 7.15. The maximum absolute atomic E-state index is 13.6. The largest absolute Gasteiger partial charge is 0.340 e. The lowest BCUT2D eigenvalue weighted by Crippen LogP contribution is -2.42. The zero-order valence-corrected chi connectivity index (χ0v) is 24.2. The van der Waals surface area contributed by atoms with E-state index in [1.165, 1.54) is 6.07 Å². The Kier molecular flexibility index (Phi) is 8.62. The predicted octanol–water partition coefficient (Wildman–Crippen LogP) is 4.64. The Morgan fingerprint density at radius 1 is 1.02 bits per heavy atom. The number of nitrogens with one attached hydrogen (secondary N) is 3. The van der Waals surface area contributed by atoms with Gasteiger partial charge in [-0.2, -0.15) is 14.4 Å². The van der Waals surface area contributed by atoms with Gasteiger partial charge in [-0.25, -0.2) is 17.8 Å². The molecule has 1 saturated heterocycles. The molecular formula is C29H35FN8O2S. The Morgan fingerprint density at radius 3 is 2.54 bits per heavy atom. The number of nitrogens with zero attached hydrogens (tertiary/aromatic N) is 5. The monoisotopic (exact) mass is 578 g/mol. The molecule has 41 heavy (non-hydrogen) atoms. The zero-order chi connectivity index (χ0) is 29.0. The van der Waals surface area contributed by atoms with Crippen LogP contribution in [0.3, 0.4) is 0 Å². The van der Waals surface area contributed by atoms with Crippen LogP contribution in [0.1, 0.15) is 29.8 Å². The van der Waals surface area contributed by atoms with Gasteiger partial charge in [0.1, 0.15) is 11.6 Å². The number of aromatic nitrogens is 4. The zero-order valence-electron chi connectivity index (χ0n) is 23.4. The van der Waals surface area contributed by atoms with E-state index in [9.17, 15) is 12.8 Å². The highest BCUT2D eigenvalue weighted by molar-refractivity contribution is 7.89. The first-order valence-corrected chi connectivity index (χ1v) is 15.0. The first-order chi connectivity index (χ1) is 19.7. The average molecular weight is 579 g/mol. The highest BCUT2D eigenvalue weighted by Gasteiger charge is 2.30. The fourth-order valence-corrected chi connectivity index (χ4v) is 6.55. The number of rotatable bonds is 10. The molecule has 0 aliphatic carbocycles. The molecule has 1 atom stereocenters. The molecule has 0 radical (unpaired) electrons. The fraction of sp³-hybridized carbons (Fsp3) is 0.345. The van der Waals surface area contributed by atoms with Crippen molar-refractivity contribution < 1.29 is 12.8 Å². The SMILES string of the molecule is Cc1cc(CNCC2CCCN(S(=O)(=O)c3ccc(Nc4nccc(Nc5ccc(F)c(C)c5)n4)cc3)C2)n(C)n1. The second kappa shape index (κ2) is 12.3. The van der Waals surface area contributed by atoms with Crippen molar-refractivity contribution in [2.24, 2.45) is 13.0 Å². The van der Waals surface area contributed by atoms with E-state index in [4.69, 9.17) is 0 Å². The van der Waals surface area contributed by atoms with Gasteiger partial charge in [0.2, 0.25) is 16.0 Å². The molecule has 1 unspecified atom stereocenters. The number of hydrogen-bond acceptors (Lipinski definition) is 8. The van der Waals surface area contributed by atoms with Crippen LogP contribution in [-0.2, 0) is 23.6 Å². The molecule has 3 heterocycles. The van der Waals surface area contributed by atoms with Crippen LogP contribution < -0.4 is 16.0 Å². The van der Waals surface area contributed by atoms with E-state index in [1.807, 2.05) is 18.7 Å². The molecule has 1 aliphatic rings. The van der Waals surface area contributed by atoms with Crippen molar-refractivity contribution in [1.29, 1.82) is 0 Å². The van der Waals surface area contributed by atoms with E-state index in [2.05, 4.69) is 37.1 Å². The Bertz CT molecular complexity index is 1610. The Hall–Kier alpha value is -3.87. The summed E-state index contributed by atoms with van der Waals surface area (Å²) in [7, 11) is -1.69. The number of anilines is 4. The van der Waals surface area contributed by atoms with Gasteiger partial charge in [-0.05, 0) is 99.3 Å². The summed E-state index contributed by atoms with van der Waals surface area (Å²) in [6.45, 7) is 6.11. The second-order valence-electron chi connectivity index (χ2n) is 10.4. The highest BCUT2D eigenvalue weighted by atomic mass is 32.2. The van der Waals surface area contributed by atoms with E-state index in [1.54, 1.807) is 59.9 Å². The lowest BCUT2D eigenvalue weighted by molar-refractivity contribution is 0.259. The van der Waals surface area contributed by atoms with Gasteiger partial charge in [-0.3, -0.25) is 4.68 Å². The van der Waals surface area contributed by atoms with Crippen LogP contribution >= 0.6 is 0 Å². The minimum atomic E-state index is -3.62. The molecule has 5 rings (SSSR count). The second-order valence-corrected chi connectivity index (χ2v) is 12.3. The van der Waals surface area contributed by atoms with Crippen molar-refractivity contribution in [3.8, 4) is 0 Å². The molecule has 216 valence electrons. The van der Waals surface area contributed by atoms with Crippen LogP contribution in [0.4, 0.5) is 27.5 Å². The molecule has 0 spiro atoms. The van der Waals surface area contributed by atoms with Gasteiger partial charge < -0.3 is 16.0 Å². The van der Waals surface area contributed by atoms with Crippen molar-refractivity contribution >= 4 is 33.2 Å². The topological polar surface area (TPSA) is 117 Å². The van der Waals surface area contributed by atoms with Gasteiger partial charge in [0, 0.05) is 44.3 Å². The van der Waals surface area contributed by atoms with Gasteiger partial charge >= 0.3 is 0 Å². The summed E-state index contributed by atoms with van der Waals surface area (Å²) in [6, 6.07) is 15.1. The Morgan fingerprint density at radius 2 is 1.80 bits per heavy atom. The van der Waals surface area contributed by atoms with Gasteiger partial charge in [-0.15, -0.1) is 0 Å². The van der Waals surface area contributed by atoms with Crippen molar-refractivity contribution in [2.45, 2.75) is 38.1 Å². The summed E-state index contributed by atoms with van der Waals surface area (Å²) in [4.78, 5) is 8.96. The molecular weight excluding hydrogens is 543 g/mol. The molecule has 2 aromatic carbocycles. The minimum Gasteiger partial charge on any atom is -0.340 e. The fourth-order valence-electron chi connectivity index (χ4n) is 4.99. The van der Waals surface area contributed by atoms with Crippen molar-refractivity contribution in [3.63, 3.8) is 0 Å².